The lowest BCUT2D eigenvalue weighted by molar-refractivity contribution is -0.125. The third-order valence-electron chi connectivity index (χ3n) is 3.47. The highest BCUT2D eigenvalue weighted by Gasteiger charge is 2.33. The van der Waals surface area contributed by atoms with Gasteiger partial charge in [0.15, 0.2) is 0 Å². The van der Waals surface area contributed by atoms with Crippen LogP contribution in [0.4, 0.5) is 0 Å². The summed E-state index contributed by atoms with van der Waals surface area (Å²) < 4.78 is 0. The molecule has 1 atom stereocenters. The second-order valence-electron chi connectivity index (χ2n) is 6.23. The van der Waals surface area contributed by atoms with E-state index in [2.05, 4.69) is 12.2 Å². The molecular weight excluding hydrogens is 188 g/mol. The lowest BCUT2D eigenvalue weighted by Crippen LogP contribution is -2.51. The first-order valence-corrected chi connectivity index (χ1v) is 5.78. The van der Waals surface area contributed by atoms with Crippen molar-refractivity contribution in [1.82, 2.24) is 5.32 Å². The van der Waals surface area contributed by atoms with Crippen molar-refractivity contribution in [3.63, 3.8) is 0 Å². The highest BCUT2D eigenvalue weighted by Crippen LogP contribution is 2.39. The van der Waals surface area contributed by atoms with Crippen LogP contribution in [0.25, 0.3) is 0 Å². The van der Waals surface area contributed by atoms with Crippen molar-refractivity contribution in [2.45, 2.75) is 53.0 Å². The van der Waals surface area contributed by atoms with Crippen LogP contribution >= 0.6 is 0 Å². The molecule has 1 aliphatic carbocycles. The van der Waals surface area contributed by atoms with Crippen molar-refractivity contribution in [1.29, 1.82) is 0 Å². The number of rotatable bonds is 3. The van der Waals surface area contributed by atoms with Gasteiger partial charge in [0.05, 0.1) is 6.04 Å². The van der Waals surface area contributed by atoms with E-state index in [1.165, 1.54) is 19.3 Å². The molecule has 1 fully saturated rings. The van der Waals surface area contributed by atoms with Gasteiger partial charge < -0.3 is 11.1 Å². The van der Waals surface area contributed by atoms with E-state index >= 15 is 0 Å². The molecule has 0 bridgehead atoms. The van der Waals surface area contributed by atoms with Gasteiger partial charge in [0.25, 0.3) is 0 Å². The molecule has 0 radical (unpaired) electrons. The average molecular weight is 212 g/mol. The van der Waals surface area contributed by atoms with E-state index in [9.17, 15) is 4.79 Å². The predicted octanol–water partition coefficient (Wildman–Crippen LogP) is 1.67. The van der Waals surface area contributed by atoms with Gasteiger partial charge in [-0.15, -0.1) is 0 Å². The Bertz CT molecular complexity index is 238. The van der Waals surface area contributed by atoms with Crippen molar-refractivity contribution >= 4 is 5.91 Å². The largest absolute Gasteiger partial charge is 0.354 e. The number of carbonyl (C=O) groups is 1. The van der Waals surface area contributed by atoms with Crippen LogP contribution in [0.15, 0.2) is 0 Å². The van der Waals surface area contributed by atoms with Crippen LogP contribution in [-0.2, 0) is 4.79 Å². The summed E-state index contributed by atoms with van der Waals surface area (Å²) in [6.07, 6.45) is 3.73. The van der Waals surface area contributed by atoms with Gasteiger partial charge in [0, 0.05) is 6.54 Å². The van der Waals surface area contributed by atoms with Crippen molar-refractivity contribution in [3.8, 4) is 0 Å². The quantitative estimate of drug-likeness (QED) is 0.747. The molecule has 1 aliphatic rings. The molecule has 0 aromatic heterocycles. The summed E-state index contributed by atoms with van der Waals surface area (Å²) in [6, 6.07) is -0.416. The predicted molar refractivity (Wildman–Crippen MR) is 62.4 cm³/mol. The van der Waals surface area contributed by atoms with Crippen molar-refractivity contribution < 1.29 is 4.79 Å². The van der Waals surface area contributed by atoms with E-state index in [1.54, 1.807) is 0 Å². The van der Waals surface area contributed by atoms with Gasteiger partial charge in [0.1, 0.15) is 0 Å². The Balaban J connectivity index is 2.36. The average Bonchev–Trinajstić information content (AvgIpc) is 2.08. The van der Waals surface area contributed by atoms with Crippen LogP contribution in [0.3, 0.4) is 0 Å². The summed E-state index contributed by atoms with van der Waals surface area (Å²) >= 11 is 0. The summed E-state index contributed by atoms with van der Waals surface area (Å²) in [5.74, 6) is -0.0179. The summed E-state index contributed by atoms with van der Waals surface area (Å²) in [6.45, 7) is 8.96. The Morgan fingerprint density at radius 2 is 2.00 bits per heavy atom. The first-order valence-electron chi connectivity index (χ1n) is 5.78. The van der Waals surface area contributed by atoms with Crippen molar-refractivity contribution in [2.24, 2.45) is 16.6 Å². The molecule has 0 aliphatic heterocycles. The molecule has 1 amide bonds. The fourth-order valence-electron chi connectivity index (χ4n) is 1.76. The van der Waals surface area contributed by atoms with Crippen LogP contribution < -0.4 is 11.1 Å². The van der Waals surface area contributed by atoms with Gasteiger partial charge in [-0.05, 0) is 23.7 Å². The van der Waals surface area contributed by atoms with Gasteiger partial charge >= 0.3 is 0 Å². The zero-order valence-corrected chi connectivity index (χ0v) is 10.4. The maximum Gasteiger partial charge on any atom is 0.237 e. The second-order valence-corrected chi connectivity index (χ2v) is 6.23. The molecule has 15 heavy (non-hydrogen) atoms. The molecule has 3 nitrogen and oxygen atoms in total. The fourth-order valence-corrected chi connectivity index (χ4v) is 1.76. The molecule has 0 saturated heterocycles. The third kappa shape index (κ3) is 3.20. The molecule has 88 valence electrons. The molecular formula is C12H24N2O. The third-order valence-corrected chi connectivity index (χ3v) is 3.47. The van der Waals surface area contributed by atoms with Crippen LogP contribution in [0, 0.1) is 10.8 Å². The van der Waals surface area contributed by atoms with Gasteiger partial charge in [0.2, 0.25) is 5.91 Å². The van der Waals surface area contributed by atoms with Crippen LogP contribution in [0.2, 0.25) is 0 Å². The molecule has 0 aromatic rings. The van der Waals surface area contributed by atoms with Crippen molar-refractivity contribution in [2.75, 3.05) is 6.54 Å². The molecule has 0 heterocycles. The molecule has 1 saturated carbocycles. The number of carbonyl (C=O) groups excluding carboxylic acids is 1. The number of amides is 1. The van der Waals surface area contributed by atoms with E-state index in [4.69, 9.17) is 5.73 Å². The van der Waals surface area contributed by atoms with Crippen LogP contribution in [0.1, 0.15) is 47.0 Å². The van der Waals surface area contributed by atoms with Gasteiger partial charge in [-0.3, -0.25) is 4.79 Å². The van der Waals surface area contributed by atoms with E-state index in [0.29, 0.717) is 5.41 Å². The maximum atomic E-state index is 11.7. The van der Waals surface area contributed by atoms with E-state index in [0.717, 1.165) is 6.54 Å². The smallest absolute Gasteiger partial charge is 0.237 e. The highest BCUT2D eigenvalue weighted by molar-refractivity contribution is 5.82. The van der Waals surface area contributed by atoms with E-state index in [1.807, 2.05) is 20.8 Å². The number of hydrogen-bond donors (Lipinski definition) is 2. The topological polar surface area (TPSA) is 55.1 Å². The standard InChI is InChI=1S/C12H24N2O/c1-11(2,3)9(13)10(15)14-8-12(4)6-5-7-12/h9H,5-8,13H2,1-4H3,(H,14,15). The van der Waals surface area contributed by atoms with Gasteiger partial charge in [-0.1, -0.05) is 34.1 Å². The molecule has 3 N–H and O–H groups in total. The summed E-state index contributed by atoms with van der Waals surface area (Å²) in [5, 5.41) is 2.97. The first kappa shape index (κ1) is 12.5. The van der Waals surface area contributed by atoms with E-state index in [-0.39, 0.29) is 11.3 Å². The molecule has 3 heteroatoms. The maximum absolute atomic E-state index is 11.7. The monoisotopic (exact) mass is 212 g/mol. The minimum absolute atomic E-state index is 0.0179. The Kier molecular flexibility index (Phi) is 3.44. The normalized spacial score (nSPS) is 21.7. The summed E-state index contributed by atoms with van der Waals surface area (Å²) in [4.78, 5) is 11.7. The van der Waals surface area contributed by atoms with Crippen molar-refractivity contribution in [3.05, 3.63) is 0 Å². The summed E-state index contributed by atoms with van der Waals surface area (Å²) in [5.41, 5.74) is 6.04. The number of nitrogens with one attached hydrogen (secondary N) is 1. The summed E-state index contributed by atoms with van der Waals surface area (Å²) in [7, 11) is 0. The zero-order chi connectivity index (χ0) is 11.7. The minimum atomic E-state index is -0.416. The fraction of sp³-hybridized carbons (Fsp3) is 0.917. The van der Waals surface area contributed by atoms with E-state index < -0.39 is 6.04 Å². The lowest BCUT2D eigenvalue weighted by Gasteiger charge is -2.39. The Morgan fingerprint density at radius 1 is 1.47 bits per heavy atom. The van der Waals surface area contributed by atoms with Gasteiger partial charge in [-0.25, -0.2) is 0 Å². The number of nitrogens with two attached hydrogens (primary N) is 1. The number of hydrogen-bond acceptors (Lipinski definition) is 2. The second kappa shape index (κ2) is 4.12. The highest BCUT2D eigenvalue weighted by atomic mass is 16.2. The van der Waals surface area contributed by atoms with Gasteiger partial charge in [-0.2, -0.15) is 0 Å². The van der Waals surface area contributed by atoms with Crippen LogP contribution in [-0.4, -0.2) is 18.5 Å². The molecule has 0 spiro atoms. The Labute approximate surface area is 92.8 Å². The first-order chi connectivity index (χ1) is 6.75. The molecule has 0 aromatic carbocycles. The lowest BCUT2D eigenvalue weighted by atomic mass is 9.70. The Hall–Kier alpha value is -0.570. The minimum Gasteiger partial charge on any atom is -0.354 e. The Morgan fingerprint density at radius 3 is 2.33 bits per heavy atom. The zero-order valence-electron chi connectivity index (χ0n) is 10.4. The SMILES string of the molecule is CC1(CNC(=O)C(N)C(C)(C)C)CCC1. The molecule has 1 unspecified atom stereocenters. The van der Waals surface area contributed by atoms with Crippen LogP contribution in [0.5, 0.6) is 0 Å². The molecule has 1 rings (SSSR count).